The van der Waals surface area contributed by atoms with Crippen molar-refractivity contribution >= 4 is 0 Å². The van der Waals surface area contributed by atoms with E-state index in [1.54, 1.807) is 0 Å². The lowest BCUT2D eigenvalue weighted by molar-refractivity contribution is 1.07. The molecular formula is C55H37N5. The largest absolute Gasteiger partial charge is 0.228 e. The van der Waals surface area contributed by atoms with Gasteiger partial charge in [0.15, 0.2) is 23.3 Å². The Morgan fingerprint density at radius 2 is 0.450 bits per heavy atom. The highest BCUT2D eigenvalue weighted by molar-refractivity contribution is 5.84. The highest BCUT2D eigenvalue weighted by atomic mass is 15.0. The first-order valence-electron chi connectivity index (χ1n) is 20.0. The number of aromatic nitrogens is 5. The maximum absolute atomic E-state index is 5.13. The molecule has 0 saturated carbocycles. The number of hydrogen-bond acceptors (Lipinski definition) is 5. The zero-order chi connectivity index (χ0) is 40.1. The van der Waals surface area contributed by atoms with E-state index < -0.39 is 0 Å². The zero-order valence-electron chi connectivity index (χ0n) is 32.6. The second-order valence-electron chi connectivity index (χ2n) is 14.6. The van der Waals surface area contributed by atoms with E-state index in [1.807, 2.05) is 97.1 Å². The SMILES string of the molecule is c1ccc(-c2cc(-c3cccc(-c4cc(-c5ccccc5)nc(-c5ccccc5)n4)c3)cc(-c3cccc(-c4nc(-c5ccccc5)nc(-c5ccccc5)n4)c3)c2)cc1. The number of nitrogens with zero attached hydrogens (tertiary/aromatic N) is 5. The monoisotopic (exact) mass is 767 g/mol. The summed E-state index contributed by atoms with van der Waals surface area (Å²) in [6, 6.07) is 77.2. The van der Waals surface area contributed by atoms with Gasteiger partial charge in [0, 0.05) is 33.4 Å². The molecule has 0 atom stereocenters. The molecule has 10 rings (SSSR count). The molecule has 0 N–H and O–H groups in total. The van der Waals surface area contributed by atoms with Crippen LogP contribution in [0.15, 0.2) is 224 Å². The Morgan fingerprint density at radius 3 is 0.917 bits per heavy atom. The smallest absolute Gasteiger partial charge is 0.164 e. The first-order chi connectivity index (χ1) is 29.7. The summed E-state index contributed by atoms with van der Waals surface area (Å²) in [5.41, 5.74) is 14.1. The van der Waals surface area contributed by atoms with Gasteiger partial charge in [0.05, 0.1) is 11.4 Å². The van der Waals surface area contributed by atoms with Gasteiger partial charge in [0.2, 0.25) is 0 Å². The minimum atomic E-state index is 0.617. The van der Waals surface area contributed by atoms with Gasteiger partial charge in [-0.2, -0.15) is 0 Å². The fourth-order valence-corrected chi connectivity index (χ4v) is 7.46. The van der Waals surface area contributed by atoms with Crippen LogP contribution in [0.1, 0.15) is 0 Å². The number of rotatable bonds is 9. The van der Waals surface area contributed by atoms with Crippen LogP contribution in [0.25, 0.3) is 101 Å². The molecule has 0 bridgehead atoms. The molecule has 0 fully saturated rings. The maximum Gasteiger partial charge on any atom is 0.164 e. The first kappa shape index (κ1) is 36.2. The van der Waals surface area contributed by atoms with E-state index in [9.17, 15) is 0 Å². The topological polar surface area (TPSA) is 64.5 Å². The van der Waals surface area contributed by atoms with Crippen molar-refractivity contribution in [2.75, 3.05) is 0 Å². The molecule has 0 radical (unpaired) electrons. The maximum atomic E-state index is 5.13. The molecule has 2 heterocycles. The molecule has 282 valence electrons. The molecule has 0 aliphatic rings. The van der Waals surface area contributed by atoms with Crippen LogP contribution in [-0.4, -0.2) is 24.9 Å². The van der Waals surface area contributed by atoms with Crippen LogP contribution >= 0.6 is 0 Å². The number of hydrogen-bond donors (Lipinski definition) is 0. The molecule has 2 aromatic heterocycles. The van der Waals surface area contributed by atoms with Gasteiger partial charge in [-0.1, -0.05) is 188 Å². The molecule has 0 aliphatic heterocycles. The molecule has 0 amide bonds. The zero-order valence-corrected chi connectivity index (χ0v) is 32.6. The lowest BCUT2D eigenvalue weighted by atomic mass is 9.92. The molecule has 0 spiro atoms. The molecule has 10 aromatic rings. The molecule has 0 aliphatic carbocycles. The molecule has 8 aromatic carbocycles. The molecular weight excluding hydrogens is 731 g/mol. The lowest BCUT2D eigenvalue weighted by Crippen LogP contribution is -2.00. The molecule has 5 nitrogen and oxygen atoms in total. The van der Waals surface area contributed by atoms with Crippen molar-refractivity contribution in [3.63, 3.8) is 0 Å². The molecule has 5 heteroatoms. The first-order valence-corrected chi connectivity index (χ1v) is 20.0. The van der Waals surface area contributed by atoms with E-state index in [1.165, 1.54) is 0 Å². The van der Waals surface area contributed by atoms with E-state index in [2.05, 4.69) is 127 Å². The van der Waals surface area contributed by atoms with Crippen LogP contribution in [0.2, 0.25) is 0 Å². The summed E-state index contributed by atoms with van der Waals surface area (Å²) in [5, 5.41) is 0. The van der Waals surface area contributed by atoms with E-state index >= 15 is 0 Å². The molecule has 0 unspecified atom stereocenters. The van der Waals surface area contributed by atoms with Crippen molar-refractivity contribution in [1.29, 1.82) is 0 Å². The van der Waals surface area contributed by atoms with E-state index in [-0.39, 0.29) is 0 Å². The van der Waals surface area contributed by atoms with Crippen LogP contribution < -0.4 is 0 Å². The van der Waals surface area contributed by atoms with Crippen molar-refractivity contribution in [3.05, 3.63) is 224 Å². The van der Waals surface area contributed by atoms with E-state index in [0.29, 0.717) is 23.3 Å². The summed E-state index contributed by atoms with van der Waals surface area (Å²) in [5.74, 6) is 2.57. The van der Waals surface area contributed by atoms with Gasteiger partial charge in [0.25, 0.3) is 0 Å². The predicted molar refractivity (Wildman–Crippen MR) is 244 cm³/mol. The van der Waals surface area contributed by atoms with Gasteiger partial charge >= 0.3 is 0 Å². The number of benzene rings is 8. The van der Waals surface area contributed by atoms with Crippen molar-refractivity contribution in [2.45, 2.75) is 0 Å². The fraction of sp³-hybridized carbons (Fsp3) is 0. The quantitative estimate of drug-likeness (QED) is 0.146. The Bertz CT molecular complexity index is 2760. The van der Waals surface area contributed by atoms with Crippen molar-refractivity contribution in [2.24, 2.45) is 0 Å². The van der Waals surface area contributed by atoms with Gasteiger partial charge in [0.1, 0.15) is 0 Å². The minimum absolute atomic E-state index is 0.617. The fourth-order valence-electron chi connectivity index (χ4n) is 7.46. The Balaban J connectivity index is 1.09. The third-order valence-corrected chi connectivity index (χ3v) is 10.5. The second-order valence-corrected chi connectivity index (χ2v) is 14.6. The Hall–Kier alpha value is -8.15. The van der Waals surface area contributed by atoms with Crippen molar-refractivity contribution in [3.8, 4) is 101 Å². The van der Waals surface area contributed by atoms with E-state index in [4.69, 9.17) is 24.9 Å². The van der Waals surface area contributed by atoms with Crippen LogP contribution in [0.3, 0.4) is 0 Å². The normalized spacial score (nSPS) is 11.0. The summed E-state index contributed by atoms with van der Waals surface area (Å²) in [6.45, 7) is 0. The Kier molecular flexibility index (Phi) is 9.88. The van der Waals surface area contributed by atoms with Crippen LogP contribution in [-0.2, 0) is 0 Å². The average Bonchev–Trinajstić information content (AvgIpc) is 3.35. The molecule has 60 heavy (non-hydrogen) atoms. The van der Waals surface area contributed by atoms with Gasteiger partial charge < -0.3 is 0 Å². The van der Waals surface area contributed by atoms with Gasteiger partial charge in [-0.25, -0.2) is 24.9 Å². The van der Waals surface area contributed by atoms with Crippen LogP contribution in [0.5, 0.6) is 0 Å². The average molecular weight is 768 g/mol. The van der Waals surface area contributed by atoms with Crippen LogP contribution in [0.4, 0.5) is 0 Å². The summed E-state index contributed by atoms with van der Waals surface area (Å²) in [4.78, 5) is 25.1. The summed E-state index contributed by atoms with van der Waals surface area (Å²) in [6.07, 6.45) is 0. The predicted octanol–water partition coefficient (Wildman–Crippen LogP) is 13.7. The Labute approximate surface area is 349 Å². The Morgan fingerprint density at radius 1 is 0.167 bits per heavy atom. The van der Waals surface area contributed by atoms with E-state index in [0.717, 1.165) is 78.1 Å². The van der Waals surface area contributed by atoms with Gasteiger partial charge in [-0.05, 0) is 69.8 Å². The highest BCUT2D eigenvalue weighted by Gasteiger charge is 2.16. The standard InChI is InChI=1S/C55H37N5/c1-6-18-38(19-7-1)47-34-48(43-28-16-30-45(32-43)51-37-50(39-20-8-2-9-21-39)56-52(57-51)40-22-10-3-11-23-40)36-49(35-47)44-29-17-31-46(33-44)55-59-53(41-24-12-4-13-25-41)58-54(60-55)42-26-14-5-15-27-42/h1-37H. The minimum Gasteiger partial charge on any atom is -0.228 e. The third-order valence-electron chi connectivity index (χ3n) is 10.5. The van der Waals surface area contributed by atoms with Crippen molar-refractivity contribution < 1.29 is 0 Å². The summed E-state index contributed by atoms with van der Waals surface area (Å²) in [7, 11) is 0. The molecule has 0 saturated heterocycles. The van der Waals surface area contributed by atoms with Gasteiger partial charge in [-0.15, -0.1) is 0 Å². The van der Waals surface area contributed by atoms with Crippen molar-refractivity contribution in [1.82, 2.24) is 24.9 Å². The summed E-state index contributed by atoms with van der Waals surface area (Å²) >= 11 is 0. The summed E-state index contributed by atoms with van der Waals surface area (Å²) < 4.78 is 0. The lowest BCUT2D eigenvalue weighted by Gasteiger charge is -2.14. The highest BCUT2D eigenvalue weighted by Crippen LogP contribution is 2.36. The van der Waals surface area contributed by atoms with Crippen LogP contribution in [0, 0.1) is 0 Å². The third kappa shape index (κ3) is 7.76. The van der Waals surface area contributed by atoms with Gasteiger partial charge in [-0.3, -0.25) is 0 Å². The second kappa shape index (κ2) is 16.4.